The first kappa shape index (κ1) is 25.1. The molecule has 2 aliphatic heterocycles. The number of carbonyl (C=O) groups excluding carboxylic acids is 2. The van der Waals surface area contributed by atoms with Crippen molar-refractivity contribution in [3.8, 4) is 0 Å². The predicted octanol–water partition coefficient (Wildman–Crippen LogP) is 2.40. The van der Waals surface area contributed by atoms with E-state index in [9.17, 15) is 18.0 Å². The third kappa shape index (κ3) is 5.80. The first-order valence-corrected chi connectivity index (χ1v) is 13.2. The lowest BCUT2D eigenvalue weighted by Gasteiger charge is -2.33. The van der Waals surface area contributed by atoms with E-state index in [1.807, 2.05) is 30.3 Å². The molecular weight excluding hydrogens is 466 g/mol. The van der Waals surface area contributed by atoms with E-state index in [2.05, 4.69) is 17.2 Å². The minimum atomic E-state index is -3.75. The molecule has 2 heterocycles. The average molecular weight is 498 g/mol. The summed E-state index contributed by atoms with van der Waals surface area (Å²) in [4.78, 5) is 24.4. The predicted molar refractivity (Wildman–Crippen MR) is 132 cm³/mol. The normalized spacial score (nSPS) is 22.3. The van der Waals surface area contributed by atoms with Gasteiger partial charge in [-0.2, -0.15) is 4.31 Å². The molecule has 0 radical (unpaired) electrons. The number of benzene rings is 2. The van der Waals surface area contributed by atoms with Gasteiger partial charge in [0.1, 0.15) is 6.23 Å². The van der Waals surface area contributed by atoms with Gasteiger partial charge in [0.25, 0.3) is 5.91 Å². The van der Waals surface area contributed by atoms with Crippen molar-refractivity contribution in [3.05, 3.63) is 77.9 Å². The van der Waals surface area contributed by atoms with Gasteiger partial charge in [-0.3, -0.25) is 9.59 Å². The Kier molecular flexibility index (Phi) is 7.69. The third-order valence-electron chi connectivity index (χ3n) is 6.63. The molecule has 0 aliphatic carbocycles. The van der Waals surface area contributed by atoms with E-state index in [-0.39, 0.29) is 35.3 Å². The Balaban J connectivity index is 1.38. The highest BCUT2D eigenvalue weighted by molar-refractivity contribution is 7.89. The molecule has 2 N–H and O–H groups in total. The Morgan fingerprint density at radius 3 is 2.69 bits per heavy atom. The van der Waals surface area contributed by atoms with Crippen LogP contribution in [0.3, 0.4) is 0 Å². The van der Waals surface area contributed by atoms with Crippen molar-refractivity contribution in [1.29, 1.82) is 0 Å². The average Bonchev–Trinajstić information content (AvgIpc) is 3.25. The molecule has 2 amide bonds. The van der Waals surface area contributed by atoms with Crippen LogP contribution in [0.1, 0.15) is 34.3 Å². The molecule has 9 heteroatoms. The molecule has 3 unspecified atom stereocenters. The van der Waals surface area contributed by atoms with Gasteiger partial charge in [-0.05, 0) is 67.5 Å². The van der Waals surface area contributed by atoms with E-state index in [1.54, 1.807) is 19.1 Å². The molecule has 2 fully saturated rings. The summed E-state index contributed by atoms with van der Waals surface area (Å²) in [7, 11) is -3.75. The van der Waals surface area contributed by atoms with Gasteiger partial charge in [0.15, 0.2) is 0 Å². The van der Waals surface area contributed by atoms with Crippen molar-refractivity contribution in [2.24, 2.45) is 5.92 Å². The second-order valence-electron chi connectivity index (χ2n) is 8.99. The van der Waals surface area contributed by atoms with E-state index in [0.29, 0.717) is 37.1 Å². The largest absolute Gasteiger partial charge is 0.354 e. The van der Waals surface area contributed by atoms with Gasteiger partial charge in [0, 0.05) is 25.2 Å². The van der Waals surface area contributed by atoms with Crippen LogP contribution in [0.2, 0.25) is 0 Å². The summed E-state index contributed by atoms with van der Waals surface area (Å²) in [5.41, 5.74) is 2.19. The van der Waals surface area contributed by atoms with Gasteiger partial charge in [-0.15, -0.1) is 0 Å². The number of rotatable bonds is 8. The molecule has 8 nitrogen and oxygen atoms in total. The molecule has 2 saturated heterocycles. The molecule has 2 aliphatic rings. The number of hydrogen-bond donors (Lipinski definition) is 2. The van der Waals surface area contributed by atoms with Gasteiger partial charge in [0.2, 0.25) is 15.9 Å². The number of fused-ring (bicyclic) bond motifs is 1. The fourth-order valence-corrected chi connectivity index (χ4v) is 6.24. The number of nitrogens with one attached hydrogen (secondary N) is 2. The van der Waals surface area contributed by atoms with E-state index in [4.69, 9.17) is 4.74 Å². The molecule has 4 rings (SSSR count). The number of ether oxygens (including phenoxy) is 1. The maximum absolute atomic E-state index is 13.3. The number of nitrogens with zero attached hydrogens (tertiary/aromatic N) is 1. The lowest BCUT2D eigenvalue weighted by molar-refractivity contribution is -0.120. The molecule has 0 bridgehead atoms. The molecule has 35 heavy (non-hydrogen) atoms. The van der Waals surface area contributed by atoms with Crippen LogP contribution in [0.5, 0.6) is 0 Å². The molecule has 0 saturated carbocycles. The zero-order chi connectivity index (χ0) is 25.0. The summed E-state index contributed by atoms with van der Waals surface area (Å²) >= 11 is 0. The van der Waals surface area contributed by atoms with E-state index in [0.717, 1.165) is 12.0 Å². The van der Waals surface area contributed by atoms with Crippen molar-refractivity contribution in [1.82, 2.24) is 14.9 Å². The second-order valence-corrected chi connectivity index (χ2v) is 10.9. The quantitative estimate of drug-likeness (QED) is 0.545. The molecule has 2 aromatic carbocycles. The van der Waals surface area contributed by atoms with Crippen LogP contribution in [0.4, 0.5) is 0 Å². The Bertz CT molecular complexity index is 1200. The van der Waals surface area contributed by atoms with Gasteiger partial charge >= 0.3 is 0 Å². The minimum Gasteiger partial charge on any atom is -0.354 e. The summed E-state index contributed by atoms with van der Waals surface area (Å²) in [6.07, 6.45) is 2.52. The number of amides is 2. The van der Waals surface area contributed by atoms with Crippen LogP contribution in [-0.2, 0) is 26.0 Å². The Labute approximate surface area is 206 Å². The van der Waals surface area contributed by atoms with Crippen LogP contribution in [0.25, 0.3) is 0 Å². The summed E-state index contributed by atoms with van der Waals surface area (Å²) in [6.45, 7) is 6.29. The molecular formula is C26H31N3O5S. The zero-order valence-corrected chi connectivity index (χ0v) is 20.6. The summed E-state index contributed by atoms with van der Waals surface area (Å²) in [6, 6.07) is 14.5. The topological polar surface area (TPSA) is 105 Å². The number of hydrogen-bond acceptors (Lipinski definition) is 5. The van der Waals surface area contributed by atoms with Crippen LogP contribution in [0, 0.1) is 12.8 Å². The van der Waals surface area contributed by atoms with Gasteiger partial charge in [0.05, 0.1) is 11.0 Å². The highest BCUT2D eigenvalue weighted by Gasteiger charge is 2.42. The van der Waals surface area contributed by atoms with Crippen LogP contribution in [0.15, 0.2) is 66.1 Å². The Morgan fingerprint density at radius 1 is 1.20 bits per heavy atom. The molecule has 0 aromatic heterocycles. The Morgan fingerprint density at radius 2 is 1.97 bits per heavy atom. The van der Waals surface area contributed by atoms with Crippen LogP contribution in [-0.4, -0.2) is 56.5 Å². The fourth-order valence-electron chi connectivity index (χ4n) is 4.69. The zero-order valence-electron chi connectivity index (χ0n) is 19.8. The number of piperidine rings is 1. The van der Waals surface area contributed by atoms with E-state index < -0.39 is 16.3 Å². The van der Waals surface area contributed by atoms with Crippen LogP contribution >= 0.6 is 0 Å². The van der Waals surface area contributed by atoms with Crippen molar-refractivity contribution >= 4 is 21.8 Å². The summed E-state index contributed by atoms with van der Waals surface area (Å²) < 4.78 is 34.0. The van der Waals surface area contributed by atoms with Crippen molar-refractivity contribution in [2.45, 2.75) is 43.4 Å². The smallest absolute Gasteiger partial charge is 0.251 e. The van der Waals surface area contributed by atoms with Crippen LogP contribution < -0.4 is 10.6 Å². The van der Waals surface area contributed by atoms with Gasteiger partial charge < -0.3 is 15.4 Å². The lowest BCUT2D eigenvalue weighted by Crippen LogP contribution is -2.45. The van der Waals surface area contributed by atoms with Gasteiger partial charge in [-0.25, -0.2) is 8.42 Å². The number of aryl methyl sites for hydroxylation is 1. The molecule has 2 aromatic rings. The van der Waals surface area contributed by atoms with Gasteiger partial charge in [-0.1, -0.05) is 36.9 Å². The first-order valence-electron chi connectivity index (χ1n) is 11.8. The maximum atomic E-state index is 13.3. The minimum absolute atomic E-state index is 0.156. The summed E-state index contributed by atoms with van der Waals surface area (Å²) in [5, 5.41) is 5.64. The lowest BCUT2D eigenvalue weighted by atomic mass is 9.94. The standard InChI is InChI=1S/C26H31N3O5S/c1-3-24(30)28-25-16-20-12-14-29(17-23(20)34-25)35(32,33)21-9-10-22(18(2)15-21)26(31)27-13-11-19-7-5-4-6-8-19/h3-10,15,20,23,25H,1,11-14,16-17H2,2H3,(H,27,31)(H,28,30). The second kappa shape index (κ2) is 10.7. The number of sulfonamides is 1. The van der Waals surface area contributed by atoms with E-state index in [1.165, 1.54) is 16.4 Å². The summed E-state index contributed by atoms with van der Waals surface area (Å²) in [5.74, 6) is -0.340. The monoisotopic (exact) mass is 497 g/mol. The maximum Gasteiger partial charge on any atom is 0.251 e. The third-order valence-corrected chi connectivity index (χ3v) is 8.49. The van der Waals surface area contributed by atoms with E-state index >= 15 is 0 Å². The Hall–Kier alpha value is -3.01. The molecule has 186 valence electrons. The van der Waals surface area contributed by atoms with Crippen molar-refractivity contribution in [3.63, 3.8) is 0 Å². The first-order chi connectivity index (χ1) is 16.8. The fraction of sp³-hybridized carbons (Fsp3) is 0.385. The SMILES string of the molecule is C=CC(=O)NC1CC2CCN(S(=O)(=O)c3ccc(C(=O)NCCc4ccccc4)c(C)c3)CC2O1. The highest BCUT2D eigenvalue weighted by atomic mass is 32.2. The highest BCUT2D eigenvalue weighted by Crippen LogP contribution is 2.34. The number of carbonyl (C=O) groups is 2. The molecule has 0 spiro atoms. The van der Waals surface area contributed by atoms with Crippen molar-refractivity contribution < 1.29 is 22.7 Å². The van der Waals surface area contributed by atoms with Crippen molar-refractivity contribution in [2.75, 3.05) is 19.6 Å². The molecule has 3 atom stereocenters.